The van der Waals surface area contributed by atoms with Gasteiger partial charge < -0.3 is 10.6 Å². The van der Waals surface area contributed by atoms with Crippen LogP contribution in [-0.2, 0) is 12.8 Å². The number of nitrogen functional groups attached to an aromatic ring is 1. The molecule has 1 aromatic heterocycles. The predicted octanol–water partition coefficient (Wildman–Crippen LogP) is 2.33. The summed E-state index contributed by atoms with van der Waals surface area (Å²) >= 11 is 1.57. The second-order valence-electron chi connectivity index (χ2n) is 4.30. The average molecular weight is 245 g/mol. The first kappa shape index (κ1) is 10.6. The third kappa shape index (κ3) is 2.13. The van der Waals surface area contributed by atoms with E-state index in [0.29, 0.717) is 0 Å². The summed E-state index contributed by atoms with van der Waals surface area (Å²) in [7, 11) is 0. The molecular weight excluding hydrogens is 230 g/mol. The summed E-state index contributed by atoms with van der Waals surface area (Å²) in [5, 5.41) is 1.84. The van der Waals surface area contributed by atoms with Crippen molar-refractivity contribution in [1.29, 1.82) is 0 Å². The maximum Gasteiger partial charge on any atom is 0.187 e. The highest BCUT2D eigenvalue weighted by Crippen LogP contribution is 2.26. The maximum atomic E-state index is 5.74. The van der Waals surface area contributed by atoms with Gasteiger partial charge in [0.15, 0.2) is 5.13 Å². The third-order valence-corrected chi connectivity index (χ3v) is 4.09. The van der Waals surface area contributed by atoms with Crippen molar-refractivity contribution in [1.82, 2.24) is 4.98 Å². The molecule has 0 aliphatic carbocycles. The molecule has 88 valence electrons. The fourth-order valence-corrected chi connectivity index (χ4v) is 3.02. The van der Waals surface area contributed by atoms with Crippen LogP contribution < -0.4 is 10.6 Å². The van der Waals surface area contributed by atoms with Gasteiger partial charge in [-0.1, -0.05) is 35.6 Å². The van der Waals surface area contributed by atoms with Gasteiger partial charge in [0.05, 0.1) is 6.20 Å². The molecule has 0 saturated heterocycles. The Hall–Kier alpha value is -1.55. The fourth-order valence-electron chi connectivity index (χ4n) is 2.28. The predicted molar refractivity (Wildman–Crippen MR) is 72.6 cm³/mol. The Morgan fingerprint density at radius 1 is 1.12 bits per heavy atom. The highest BCUT2D eigenvalue weighted by atomic mass is 32.1. The molecule has 3 nitrogen and oxygen atoms in total. The first-order valence-electron chi connectivity index (χ1n) is 5.86. The topological polar surface area (TPSA) is 42.1 Å². The first-order valence-corrected chi connectivity index (χ1v) is 6.67. The van der Waals surface area contributed by atoms with Gasteiger partial charge in [-0.15, -0.1) is 0 Å². The van der Waals surface area contributed by atoms with Gasteiger partial charge in [0.1, 0.15) is 5.00 Å². The number of benzene rings is 1. The molecule has 4 heteroatoms. The normalized spacial score (nSPS) is 15.4. The van der Waals surface area contributed by atoms with Crippen LogP contribution in [0.4, 0.5) is 10.1 Å². The van der Waals surface area contributed by atoms with E-state index in [-0.39, 0.29) is 0 Å². The molecule has 0 unspecified atom stereocenters. The summed E-state index contributed by atoms with van der Waals surface area (Å²) in [6.45, 7) is 2.06. The van der Waals surface area contributed by atoms with Crippen molar-refractivity contribution in [3.8, 4) is 0 Å². The largest absolute Gasteiger partial charge is 0.389 e. The molecule has 0 saturated carbocycles. The van der Waals surface area contributed by atoms with Gasteiger partial charge in [0, 0.05) is 13.1 Å². The molecule has 2 heterocycles. The molecule has 1 aliphatic heterocycles. The van der Waals surface area contributed by atoms with E-state index in [1.807, 2.05) is 0 Å². The second kappa shape index (κ2) is 4.37. The van der Waals surface area contributed by atoms with E-state index in [0.717, 1.165) is 36.1 Å². The Morgan fingerprint density at radius 2 is 1.76 bits per heavy atom. The Kier molecular flexibility index (Phi) is 2.73. The first-order chi connectivity index (χ1) is 8.33. The molecule has 17 heavy (non-hydrogen) atoms. The van der Waals surface area contributed by atoms with Gasteiger partial charge in [-0.25, -0.2) is 4.98 Å². The zero-order chi connectivity index (χ0) is 11.7. The molecule has 3 rings (SSSR count). The van der Waals surface area contributed by atoms with E-state index in [1.165, 1.54) is 11.1 Å². The number of fused-ring (bicyclic) bond motifs is 1. The standard InChI is InChI=1S/C13H15N3S/c14-12-9-15-13(17-12)16-7-5-10-3-1-2-4-11(10)6-8-16/h1-4,9H,5-8,14H2. The zero-order valence-electron chi connectivity index (χ0n) is 9.60. The molecule has 0 bridgehead atoms. The summed E-state index contributed by atoms with van der Waals surface area (Å²) in [5.74, 6) is 0. The highest BCUT2D eigenvalue weighted by Gasteiger charge is 2.15. The number of rotatable bonds is 1. The Bertz CT molecular complexity index is 494. The van der Waals surface area contributed by atoms with Crippen molar-refractivity contribution in [3.63, 3.8) is 0 Å². The van der Waals surface area contributed by atoms with Gasteiger partial charge in [-0.05, 0) is 24.0 Å². The number of anilines is 2. The maximum absolute atomic E-state index is 5.74. The lowest BCUT2D eigenvalue weighted by Crippen LogP contribution is -2.25. The van der Waals surface area contributed by atoms with Crippen LogP contribution in [0.2, 0.25) is 0 Å². The molecular formula is C13H15N3S. The van der Waals surface area contributed by atoms with Gasteiger partial charge in [-0.2, -0.15) is 0 Å². The van der Waals surface area contributed by atoms with Crippen LogP contribution in [0.5, 0.6) is 0 Å². The van der Waals surface area contributed by atoms with Gasteiger partial charge >= 0.3 is 0 Å². The third-order valence-electron chi connectivity index (χ3n) is 3.20. The smallest absolute Gasteiger partial charge is 0.187 e. The number of aromatic nitrogens is 1. The average Bonchev–Trinajstić information content (AvgIpc) is 2.66. The Balaban J connectivity index is 1.81. The number of thiazole rings is 1. The quantitative estimate of drug-likeness (QED) is 0.838. The van der Waals surface area contributed by atoms with Crippen molar-refractivity contribution in [3.05, 3.63) is 41.6 Å². The van der Waals surface area contributed by atoms with E-state index < -0.39 is 0 Å². The van der Waals surface area contributed by atoms with Crippen LogP contribution in [-0.4, -0.2) is 18.1 Å². The molecule has 2 N–H and O–H groups in total. The number of hydrogen-bond donors (Lipinski definition) is 1. The van der Waals surface area contributed by atoms with Crippen LogP contribution in [0.1, 0.15) is 11.1 Å². The van der Waals surface area contributed by atoms with Gasteiger partial charge in [0.25, 0.3) is 0 Å². The van der Waals surface area contributed by atoms with E-state index in [9.17, 15) is 0 Å². The summed E-state index contributed by atoms with van der Waals surface area (Å²) in [4.78, 5) is 6.70. The minimum atomic E-state index is 0.793. The monoisotopic (exact) mass is 245 g/mol. The number of hydrogen-bond acceptors (Lipinski definition) is 4. The Labute approximate surface area is 105 Å². The molecule has 0 atom stereocenters. The van der Waals surface area contributed by atoms with Crippen LogP contribution in [0, 0.1) is 0 Å². The molecule has 1 aromatic carbocycles. The molecule has 0 fully saturated rings. The molecule has 0 spiro atoms. The number of nitrogens with two attached hydrogens (primary N) is 1. The summed E-state index contributed by atoms with van der Waals surface area (Å²) in [6, 6.07) is 8.70. The number of nitrogens with zero attached hydrogens (tertiary/aromatic N) is 2. The van der Waals surface area contributed by atoms with Crippen LogP contribution in [0.25, 0.3) is 0 Å². The van der Waals surface area contributed by atoms with Crippen LogP contribution in [0.15, 0.2) is 30.5 Å². The van der Waals surface area contributed by atoms with Crippen molar-refractivity contribution in [2.45, 2.75) is 12.8 Å². The Morgan fingerprint density at radius 3 is 2.29 bits per heavy atom. The lowest BCUT2D eigenvalue weighted by atomic mass is 10.0. The molecule has 0 radical (unpaired) electrons. The molecule has 1 aliphatic rings. The van der Waals surface area contributed by atoms with Gasteiger partial charge in [-0.3, -0.25) is 0 Å². The van der Waals surface area contributed by atoms with Crippen LogP contribution in [0.3, 0.4) is 0 Å². The van der Waals surface area contributed by atoms with E-state index >= 15 is 0 Å². The van der Waals surface area contributed by atoms with E-state index in [1.54, 1.807) is 17.5 Å². The lowest BCUT2D eigenvalue weighted by molar-refractivity contribution is 0.801. The summed E-state index contributed by atoms with van der Waals surface area (Å²) < 4.78 is 0. The summed E-state index contributed by atoms with van der Waals surface area (Å²) in [6.07, 6.45) is 3.93. The van der Waals surface area contributed by atoms with Crippen molar-refractivity contribution in [2.24, 2.45) is 0 Å². The highest BCUT2D eigenvalue weighted by molar-refractivity contribution is 7.19. The lowest BCUT2D eigenvalue weighted by Gasteiger charge is -2.18. The second-order valence-corrected chi connectivity index (χ2v) is 5.34. The van der Waals surface area contributed by atoms with Crippen molar-refractivity contribution < 1.29 is 0 Å². The fraction of sp³-hybridized carbons (Fsp3) is 0.308. The molecule has 2 aromatic rings. The molecule has 0 amide bonds. The van der Waals surface area contributed by atoms with Crippen molar-refractivity contribution >= 4 is 21.5 Å². The minimum Gasteiger partial charge on any atom is -0.389 e. The van der Waals surface area contributed by atoms with Gasteiger partial charge in [0.2, 0.25) is 0 Å². The minimum absolute atomic E-state index is 0.793. The van der Waals surface area contributed by atoms with Crippen molar-refractivity contribution in [2.75, 3.05) is 23.7 Å². The van der Waals surface area contributed by atoms with E-state index in [2.05, 4.69) is 34.1 Å². The SMILES string of the molecule is Nc1cnc(N2CCc3ccccc3CC2)s1. The zero-order valence-corrected chi connectivity index (χ0v) is 10.4. The van der Waals surface area contributed by atoms with Crippen LogP contribution >= 0.6 is 11.3 Å². The summed E-state index contributed by atoms with van der Waals surface area (Å²) in [5.41, 5.74) is 8.68. The van der Waals surface area contributed by atoms with E-state index in [4.69, 9.17) is 5.73 Å².